The second-order valence-corrected chi connectivity index (χ2v) is 7.29. The average Bonchev–Trinajstić information content (AvgIpc) is 3.36. The molecule has 1 fully saturated rings. The van der Waals surface area contributed by atoms with E-state index in [-0.39, 0.29) is 11.9 Å². The van der Waals surface area contributed by atoms with Crippen LogP contribution in [0.2, 0.25) is 0 Å². The van der Waals surface area contributed by atoms with Gasteiger partial charge in [-0.15, -0.1) is 0 Å². The molecule has 0 radical (unpaired) electrons. The van der Waals surface area contributed by atoms with Crippen molar-refractivity contribution < 1.29 is 9.53 Å². The molecule has 1 aliphatic carbocycles. The van der Waals surface area contributed by atoms with Gasteiger partial charge < -0.3 is 9.64 Å². The third-order valence-corrected chi connectivity index (χ3v) is 5.23. The van der Waals surface area contributed by atoms with E-state index in [9.17, 15) is 4.79 Å². The molecule has 0 bridgehead atoms. The first kappa shape index (κ1) is 16.3. The zero-order chi connectivity index (χ0) is 17.4. The van der Waals surface area contributed by atoms with Crippen LogP contribution in [0, 0.1) is 12.8 Å². The van der Waals surface area contributed by atoms with Crippen LogP contribution < -0.4 is 0 Å². The van der Waals surface area contributed by atoms with Gasteiger partial charge in [-0.2, -0.15) is 5.10 Å². The van der Waals surface area contributed by atoms with Gasteiger partial charge >= 0.3 is 0 Å². The number of carbonyl (C=O) groups excluding carboxylic acids is 1. The van der Waals surface area contributed by atoms with Gasteiger partial charge in [0.1, 0.15) is 0 Å². The van der Waals surface area contributed by atoms with E-state index >= 15 is 0 Å². The number of aryl methyl sites for hydroxylation is 2. The Morgan fingerprint density at radius 1 is 1.32 bits per heavy atom. The fourth-order valence-electron chi connectivity index (χ4n) is 3.65. The molecule has 2 aliphatic rings. The molecule has 0 N–H and O–H groups in total. The highest BCUT2D eigenvalue weighted by molar-refractivity contribution is 5.94. The van der Waals surface area contributed by atoms with Crippen LogP contribution in [0.5, 0.6) is 0 Å². The molecule has 1 aliphatic heterocycles. The maximum absolute atomic E-state index is 13.2. The fourth-order valence-corrected chi connectivity index (χ4v) is 3.65. The van der Waals surface area contributed by atoms with Crippen molar-refractivity contribution in [1.29, 1.82) is 0 Å². The zero-order valence-corrected chi connectivity index (χ0v) is 14.9. The first-order valence-electron chi connectivity index (χ1n) is 9.09. The molecule has 1 aromatic heterocycles. The van der Waals surface area contributed by atoms with Crippen molar-refractivity contribution in [3.63, 3.8) is 0 Å². The van der Waals surface area contributed by atoms with Crippen LogP contribution in [-0.2, 0) is 18.2 Å². The maximum Gasteiger partial charge on any atom is 0.254 e. The van der Waals surface area contributed by atoms with E-state index in [0.717, 1.165) is 35.8 Å². The normalized spacial score (nSPS) is 19.8. The number of ether oxygens (including phenoxy) is 1. The number of nitrogens with zero attached hydrogens (tertiary/aromatic N) is 3. The lowest BCUT2D eigenvalue weighted by molar-refractivity contribution is 0.0348. The summed E-state index contributed by atoms with van der Waals surface area (Å²) >= 11 is 0. The molecule has 132 valence electrons. The lowest BCUT2D eigenvalue weighted by Crippen LogP contribution is -2.42. The molecule has 25 heavy (non-hydrogen) atoms. The number of rotatable bonds is 5. The Kier molecular flexibility index (Phi) is 4.34. The fraction of sp³-hybridized carbons (Fsp3) is 0.500. The first-order chi connectivity index (χ1) is 12.1. The monoisotopic (exact) mass is 339 g/mol. The van der Waals surface area contributed by atoms with Gasteiger partial charge in [-0.3, -0.25) is 9.48 Å². The second-order valence-electron chi connectivity index (χ2n) is 7.29. The minimum absolute atomic E-state index is 0.0667. The Hall–Kier alpha value is -2.14. The van der Waals surface area contributed by atoms with Gasteiger partial charge in [-0.1, -0.05) is 17.7 Å². The van der Waals surface area contributed by atoms with Crippen LogP contribution in [0.15, 0.2) is 30.5 Å². The molecule has 5 heteroatoms. The summed E-state index contributed by atoms with van der Waals surface area (Å²) in [6.07, 6.45) is 5.32. The smallest absolute Gasteiger partial charge is 0.254 e. The molecule has 5 nitrogen and oxygen atoms in total. The van der Waals surface area contributed by atoms with Crippen molar-refractivity contribution in [2.45, 2.75) is 32.2 Å². The number of amides is 1. The summed E-state index contributed by atoms with van der Waals surface area (Å²) in [5.41, 5.74) is 4.20. The summed E-state index contributed by atoms with van der Waals surface area (Å²) in [5.74, 6) is 0.797. The van der Waals surface area contributed by atoms with E-state index in [1.54, 1.807) is 0 Å². The molecule has 0 unspecified atom stereocenters. The molecule has 2 aromatic rings. The Morgan fingerprint density at radius 3 is 2.92 bits per heavy atom. The number of hydrogen-bond acceptors (Lipinski definition) is 3. The molecule has 2 heterocycles. The molecular formula is C20H25N3O2. The Morgan fingerprint density at radius 2 is 2.16 bits per heavy atom. The van der Waals surface area contributed by atoms with Crippen molar-refractivity contribution >= 4 is 5.91 Å². The summed E-state index contributed by atoms with van der Waals surface area (Å²) in [7, 11) is 1.95. The molecule has 0 spiro atoms. The predicted octanol–water partition coefficient (Wildman–Crippen LogP) is 2.89. The lowest BCUT2D eigenvalue weighted by atomic mass is 9.98. The average molecular weight is 339 g/mol. The van der Waals surface area contributed by atoms with Crippen LogP contribution in [-0.4, -0.2) is 40.3 Å². The van der Waals surface area contributed by atoms with Gasteiger partial charge in [0.15, 0.2) is 0 Å². The summed E-state index contributed by atoms with van der Waals surface area (Å²) in [5, 5.41) is 4.41. The van der Waals surface area contributed by atoms with E-state index in [2.05, 4.69) is 5.10 Å². The highest BCUT2D eigenvalue weighted by atomic mass is 16.5. The second kappa shape index (κ2) is 6.64. The Bertz CT molecular complexity index is 779. The summed E-state index contributed by atoms with van der Waals surface area (Å²) in [6, 6.07) is 7.76. The molecule has 1 aromatic carbocycles. The molecule has 4 rings (SSSR count). The summed E-state index contributed by atoms with van der Waals surface area (Å²) < 4.78 is 7.88. The largest absolute Gasteiger partial charge is 0.379 e. The van der Waals surface area contributed by atoms with Gasteiger partial charge in [0.05, 0.1) is 24.5 Å². The Balaban J connectivity index is 1.60. The van der Waals surface area contributed by atoms with E-state index in [0.29, 0.717) is 13.2 Å². The molecule has 0 saturated heterocycles. The summed E-state index contributed by atoms with van der Waals surface area (Å²) in [6.45, 7) is 4.07. The topological polar surface area (TPSA) is 47.4 Å². The highest BCUT2D eigenvalue weighted by Crippen LogP contribution is 2.33. The zero-order valence-electron chi connectivity index (χ0n) is 14.9. The van der Waals surface area contributed by atoms with Crippen LogP contribution >= 0.6 is 0 Å². The third kappa shape index (κ3) is 3.33. The predicted molar refractivity (Wildman–Crippen MR) is 95.4 cm³/mol. The van der Waals surface area contributed by atoms with Gasteiger partial charge in [0.25, 0.3) is 5.91 Å². The van der Waals surface area contributed by atoms with Gasteiger partial charge in [0.2, 0.25) is 0 Å². The maximum atomic E-state index is 13.2. The van der Waals surface area contributed by atoms with Crippen molar-refractivity contribution in [1.82, 2.24) is 14.7 Å². The molecule has 1 saturated carbocycles. The van der Waals surface area contributed by atoms with E-state index in [1.807, 2.05) is 54.0 Å². The summed E-state index contributed by atoms with van der Waals surface area (Å²) in [4.78, 5) is 15.1. The number of fused-ring (bicyclic) bond motifs is 1. The SMILES string of the molecule is Cc1cccc(C(=O)N2CCc3cnn(C)c3[C@@H]2COCC2CC2)c1. The lowest BCUT2D eigenvalue weighted by Gasteiger charge is -2.36. The Labute approximate surface area is 148 Å². The van der Waals surface area contributed by atoms with Crippen molar-refractivity contribution in [2.24, 2.45) is 13.0 Å². The van der Waals surface area contributed by atoms with Crippen molar-refractivity contribution in [3.8, 4) is 0 Å². The highest BCUT2D eigenvalue weighted by Gasteiger charge is 2.34. The number of carbonyl (C=O) groups is 1. The van der Waals surface area contributed by atoms with Crippen LogP contribution in [0.1, 0.15) is 46.1 Å². The van der Waals surface area contributed by atoms with Gasteiger partial charge in [-0.25, -0.2) is 0 Å². The minimum atomic E-state index is -0.0667. The van der Waals surface area contributed by atoms with Crippen molar-refractivity contribution in [2.75, 3.05) is 19.8 Å². The molecule has 1 atom stereocenters. The van der Waals surface area contributed by atoms with Gasteiger partial charge in [0, 0.05) is 25.8 Å². The number of hydrogen-bond donors (Lipinski definition) is 0. The minimum Gasteiger partial charge on any atom is -0.379 e. The quantitative estimate of drug-likeness (QED) is 0.841. The van der Waals surface area contributed by atoms with E-state index in [4.69, 9.17) is 4.74 Å². The van der Waals surface area contributed by atoms with Crippen molar-refractivity contribution in [3.05, 3.63) is 52.8 Å². The first-order valence-corrected chi connectivity index (χ1v) is 9.09. The molecule has 1 amide bonds. The van der Waals surface area contributed by atoms with Crippen LogP contribution in [0.3, 0.4) is 0 Å². The number of benzene rings is 1. The molecular weight excluding hydrogens is 314 g/mol. The van der Waals surface area contributed by atoms with E-state index < -0.39 is 0 Å². The van der Waals surface area contributed by atoms with Crippen LogP contribution in [0.4, 0.5) is 0 Å². The van der Waals surface area contributed by atoms with E-state index in [1.165, 1.54) is 18.4 Å². The number of aromatic nitrogens is 2. The third-order valence-electron chi connectivity index (χ3n) is 5.23. The van der Waals surface area contributed by atoms with Crippen LogP contribution in [0.25, 0.3) is 0 Å². The standard InChI is InChI=1S/C20H25N3O2/c1-14-4-3-5-16(10-14)20(24)23-9-8-17-11-21-22(2)19(17)18(23)13-25-12-15-6-7-15/h3-5,10-11,15,18H,6-9,12-13H2,1-2H3/t18-/m0/s1. The van der Waals surface area contributed by atoms with Gasteiger partial charge in [-0.05, 0) is 49.8 Å².